The molecule has 1 aliphatic heterocycles. The van der Waals surface area contributed by atoms with E-state index >= 15 is 0 Å². The van der Waals surface area contributed by atoms with Gasteiger partial charge in [-0.2, -0.15) is 0 Å². The van der Waals surface area contributed by atoms with E-state index in [0.717, 1.165) is 43.5 Å². The summed E-state index contributed by atoms with van der Waals surface area (Å²) in [4.78, 5) is 30.5. The van der Waals surface area contributed by atoms with Gasteiger partial charge < -0.3 is 9.42 Å². The summed E-state index contributed by atoms with van der Waals surface area (Å²) in [5.41, 5.74) is 0.781. The summed E-state index contributed by atoms with van der Waals surface area (Å²) in [5, 5.41) is 4.78. The van der Waals surface area contributed by atoms with Crippen LogP contribution < -0.4 is 11.2 Å². The molecule has 8 nitrogen and oxygen atoms in total. The van der Waals surface area contributed by atoms with Crippen molar-refractivity contribution in [1.29, 1.82) is 0 Å². The van der Waals surface area contributed by atoms with Gasteiger partial charge in [0.15, 0.2) is 11.4 Å². The van der Waals surface area contributed by atoms with Crippen molar-refractivity contribution in [2.24, 2.45) is 0 Å². The van der Waals surface area contributed by atoms with Crippen LogP contribution in [0.15, 0.2) is 44.6 Å². The highest BCUT2D eigenvalue weighted by Crippen LogP contribution is 2.24. The third-order valence-corrected chi connectivity index (χ3v) is 5.23. The molecule has 0 amide bonds. The highest BCUT2D eigenvalue weighted by Gasteiger charge is 2.24. The number of benzene rings is 1. The number of aromatic nitrogens is 3. The summed E-state index contributed by atoms with van der Waals surface area (Å²) in [5.74, 6) is 0.388. The normalized spacial score (nSPS) is 19.0. The summed E-state index contributed by atoms with van der Waals surface area (Å²) in [7, 11) is 2.16. The second-order valence-electron chi connectivity index (χ2n) is 7.11. The van der Waals surface area contributed by atoms with E-state index in [9.17, 15) is 9.59 Å². The second kappa shape index (κ2) is 7.13. The molecule has 0 aliphatic carbocycles. The van der Waals surface area contributed by atoms with Crippen LogP contribution in [0.2, 0.25) is 0 Å². The first kappa shape index (κ1) is 17.7. The molecule has 142 valence electrons. The van der Waals surface area contributed by atoms with Crippen LogP contribution in [0.3, 0.4) is 0 Å². The smallest absolute Gasteiger partial charge is 0.334 e. The molecule has 1 N–H and O–H groups in total. The van der Waals surface area contributed by atoms with Gasteiger partial charge in [-0.3, -0.25) is 14.7 Å². The Hall–Kier alpha value is -2.71. The first-order valence-electron chi connectivity index (χ1n) is 9.18. The fourth-order valence-corrected chi connectivity index (χ4v) is 3.71. The molecule has 1 atom stereocenters. The van der Waals surface area contributed by atoms with Crippen LogP contribution in [-0.2, 0) is 6.54 Å². The van der Waals surface area contributed by atoms with E-state index in [2.05, 4.69) is 33.9 Å². The van der Waals surface area contributed by atoms with Gasteiger partial charge in [0.25, 0.3) is 5.56 Å². The average molecular weight is 369 g/mol. The first-order chi connectivity index (χ1) is 13.0. The van der Waals surface area contributed by atoms with Gasteiger partial charge in [0, 0.05) is 44.5 Å². The Bertz CT molecular complexity index is 1070. The average Bonchev–Trinajstić information content (AvgIpc) is 3.06. The molecule has 4 rings (SSSR count). The Labute approximate surface area is 156 Å². The number of piperazine rings is 1. The number of fused-ring (bicyclic) bond motifs is 1. The van der Waals surface area contributed by atoms with Gasteiger partial charge >= 0.3 is 5.69 Å². The molecule has 1 aromatic carbocycles. The molecule has 0 saturated carbocycles. The summed E-state index contributed by atoms with van der Waals surface area (Å²) in [6.07, 6.45) is 2.52. The number of nitrogens with zero attached hydrogens (tertiary/aromatic N) is 4. The molecule has 3 heterocycles. The molecule has 8 heteroatoms. The van der Waals surface area contributed by atoms with Gasteiger partial charge in [0.1, 0.15) is 0 Å². The molecular formula is C19H23N5O3. The van der Waals surface area contributed by atoms with Gasteiger partial charge in [0.2, 0.25) is 0 Å². The zero-order valence-corrected chi connectivity index (χ0v) is 15.5. The topological polar surface area (TPSA) is 87.4 Å². The molecule has 0 bridgehead atoms. The highest BCUT2D eigenvalue weighted by molar-refractivity contribution is 5.84. The van der Waals surface area contributed by atoms with Crippen LogP contribution in [-0.4, -0.2) is 57.2 Å². The minimum Gasteiger partial charge on any atom is -0.354 e. The van der Waals surface area contributed by atoms with E-state index in [-0.39, 0.29) is 0 Å². The van der Waals surface area contributed by atoms with Gasteiger partial charge in [0.05, 0.1) is 5.39 Å². The van der Waals surface area contributed by atoms with Crippen molar-refractivity contribution in [2.45, 2.75) is 25.9 Å². The molecule has 0 spiro atoms. The molecular weight excluding hydrogens is 346 g/mol. The van der Waals surface area contributed by atoms with Gasteiger partial charge in [-0.1, -0.05) is 18.1 Å². The van der Waals surface area contributed by atoms with Gasteiger partial charge in [-0.05, 0) is 31.2 Å². The third-order valence-electron chi connectivity index (χ3n) is 5.23. The van der Waals surface area contributed by atoms with Crippen LogP contribution in [0.5, 0.6) is 0 Å². The maximum absolute atomic E-state index is 12.1. The Morgan fingerprint density at radius 3 is 2.89 bits per heavy atom. The monoisotopic (exact) mass is 369 g/mol. The fraction of sp³-hybridized carbons (Fsp3) is 0.421. The molecule has 1 unspecified atom stereocenters. The van der Waals surface area contributed by atoms with Gasteiger partial charge in [-0.15, -0.1) is 0 Å². The predicted octanol–water partition coefficient (Wildman–Crippen LogP) is 1.19. The Morgan fingerprint density at radius 1 is 1.26 bits per heavy atom. The van der Waals surface area contributed by atoms with E-state index in [1.165, 1.54) is 16.8 Å². The maximum Gasteiger partial charge on any atom is 0.334 e. The summed E-state index contributed by atoms with van der Waals surface area (Å²) in [6.45, 7) is 6.23. The van der Waals surface area contributed by atoms with Crippen LogP contribution in [0, 0.1) is 0 Å². The van der Waals surface area contributed by atoms with E-state index < -0.39 is 11.2 Å². The lowest BCUT2D eigenvalue weighted by Crippen LogP contribution is -2.50. The number of nitrogens with one attached hydrogen (secondary N) is 1. The number of H-pyrrole nitrogens is 1. The quantitative estimate of drug-likeness (QED) is 0.743. The second-order valence-corrected chi connectivity index (χ2v) is 7.11. The van der Waals surface area contributed by atoms with Crippen LogP contribution in [0.4, 0.5) is 0 Å². The third kappa shape index (κ3) is 3.45. The van der Waals surface area contributed by atoms with Gasteiger partial charge in [-0.25, -0.2) is 9.36 Å². The van der Waals surface area contributed by atoms with Crippen molar-refractivity contribution >= 4 is 11.0 Å². The largest absolute Gasteiger partial charge is 0.354 e. The van der Waals surface area contributed by atoms with Crippen molar-refractivity contribution in [3.63, 3.8) is 0 Å². The number of hydrogen-bond donors (Lipinski definition) is 1. The standard InChI is InChI=1S/C19H23N5O3/c1-3-14-12-22(2)8-9-23(14)11-13-4-5-16-15(10-13)18(21-27-16)24-7-6-17(25)20-19(24)26/h4-7,10,14H,3,8-9,11-12H2,1-2H3,(H,20,25,26). The maximum atomic E-state index is 12.1. The number of rotatable bonds is 4. The van der Waals surface area contributed by atoms with E-state index in [0.29, 0.717) is 17.4 Å². The zero-order chi connectivity index (χ0) is 19.0. The lowest BCUT2D eigenvalue weighted by atomic mass is 10.1. The molecule has 3 aromatic rings. The molecule has 1 fully saturated rings. The Kier molecular flexibility index (Phi) is 4.67. The lowest BCUT2D eigenvalue weighted by Gasteiger charge is -2.39. The molecule has 2 aromatic heterocycles. The molecule has 27 heavy (non-hydrogen) atoms. The fourth-order valence-electron chi connectivity index (χ4n) is 3.71. The summed E-state index contributed by atoms with van der Waals surface area (Å²) in [6, 6.07) is 7.77. The highest BCUT2D eigenvalue weighted by atomic mass is 16.5. The first-order valence-corrected chi connectivity index (χ1v) is 9.18. The van der Waals surface area contributed by atoms with Crippen molar-refractivity contribution < 1.29 is 4.52 Å². The summed E-state index contributed by atoms with van der Waals surface area (Å²) < 4.78 is 6.66. The van der Waals surface area contributed by atoms with Crippen molar-refractivity contribution in [3.8, 4) is 5.82 Å². The minimum absolute atomic E-state index is 0.388. The predicted molar refractivity (Wildman–Crippen MR) is 102 cm³/mol. The Balaban J connectivity index is 1.68. The van der Waals surface area contributed by atoms with Crippen molar-refractivity contribution in [2.75, 3.05) is 26.7 Å². The SMILES string of the molecule is CCC1CN(C)CCN1Cc1ccc2onc(-n3ccc(=O)[nH]c3=O)c2c1. The molecule has 0 radical (unpaired) electrons. The number of likely N-dealkylation sites (N-methyl/N-ethyl adjacent to an activating group) is 1. The minimum atomic E-state index is -0.534. The molecule has 1 saturated heterocycles. The number of aromatic amines is 1. The van der Waals surface area contributed by atoms with E-state index in [4.69, 9.17) is 4.52 Å². The van der Waals surface area contributed by atoms with Crippen molar-refractivity contribution in [1.82, 2.24) is 24.5 Å². The van der Waals surface area contributed by atoms with Crippen molar-refractivity contribution in [3.05, 3.63) is 56.9 Å². The number of hydrogen-bond acceptors (Lipinski definition) is 6. The van der Waals surface area contributed by atoms with E-state index in [1.54, 1.807) is 0 Å². The zero-order valence-electron chi connectivity index (χ0n) is 15.5. The van der Waals surface area contributed by atoms with Crippen LogP contribution in [0.1, 0.15) is 18.9 Å². The van der Waals surface area contributed by atoms with E-state index in [1.807, 2.05) is 18.2 Å². The summed E-state index contributed by atoms with van der Waals surface area (Å²) >= 11 is 0. The van der Waals surface area contributed by atoms with Crippen LogP contribution >= 0.6 is 0 Å². The van der Waals surface area contributed by atoms with Crippen LogP contribution in [0.25, 0.3) is 16.8 Å². The Morgan fingerprint density at radius 2 is 2.11 bits per heavy atom. The molecule has 1 aliphatic rings. The lowest BCUT2D eigenvalue weighted by molar-refractivity contribution is 0.0812.